The number of furan rings is 1. The minimum Gasteiger partial charge on any atom is -0.497 e. The zero-order valence-corrected chi connectivity index (χ0v) is 14.5. The molecule has 0 aliphatic rings. The highest BCUT2D eigenvalue weighted by Crippen LogP contribution is 2.38. The van der Waals surface area contributed by atoms with Gasteiger partial charge in [0.25, 0.3) is 0 Å². The molecule has 0 N–H and O–H groups in total. The Morgan fingerprint density at radius 2 is 1.73 bits per heavy atom. The summed E-state index contributed by atoms with van der Waals surface area (Å²) in [4.78, 5) is 24.3. The lowest BCUT2D eigenvalue weighted by atomic mass is 9.98. The van der Waals surface area contributed by atoms with Crippen molar-refractivity contribution < 1.29 is 23.5 Å². The molecule has 1 aromatic heterocycles. The van der Waals surface area contributed by atoms with Gasteiger partial charge in [-0.05, 0) is 24.6 Å². The summed E-state index contributed by atoms with van der Waals surface area (Å²) in [6, 6.07) is 16.2. The Morgan fingerprint density at radius 3 is 2.31 bits per heavy atom. The number of carbonyl (C=O) groups is 2. The van der Waals surface area contributed by atoms with Crippen LogP contribution in [0.15, 0.2) is 59.0 Å². The molecule has 0 fully saturated rings. The van der Waals surface area contributed by atoms with Crippen molar-refractivity contribution in [3.8, 4) is 28.2 Å². The number of benzene rings is 2. The molecule has 5 nitrogen and oxygen atoms in total. The quantitative estimate of drug-likeness (QED) is 0.480. The number of rotatable bonds is 6. The number of methoxy groups -OCH3 is 1. The highest BCUT2D eigenvalue weighted by molar-refractivity contribution is 6.06. The molecule has 0 aliphatic carbocycles. The number of esters is 1. The number of aldehydes is 1. The lowest BCUT2D eigenvalue weighted by Crippen LogP contribution is -2.06. The molecule has 0 radical (unpaired) electrons. The molecule has 26 heavy (non-hydrogen) atoms. The minimum absolute atomic E-state index is 0.0806. The molecule has 0 saturated heterocycles. The Bertz CT molecular complexity index is 908. The van der Waals surface area contributed by atoms with E-state index in [0.717, 1.165) is 0 Å². The lowest BCUT2D eigenvalue weighted by molar-refractivity contribution is 0.0527. The molecule has 0 spiro atoms. The Morgan fingerprint density at radius 1 is 1.04 bits per heavy atom. The second-order valence-corrected chi connectivity index (χ2v) is 5.48. The van der Waals surface area contributed by atoms with Gasteiger partial charge in [0, 0.05) is 11.1 Å². The average Bonchev–Trinajstić information content (AvgIpc) is 3.08. The van der Waals surface area contributed by atoms with E-state index in [-0.39, 0.29) is 17.9 Å². The Hall–Kier alpha value is -3.34. The van der Waals surface area contributed by atoms with Gasteiger partial charge in [-0.3, -0.25) is 4.79 Å². The third-order valence-corrected chi connectivity index (χ3v) is 3.94. The van der Waals surface area contributed by atoms with Crippen molar-refractivity contribution in [3.63, 3.8) is 0 Å². The first kappa shape index (κ1) is 17.5. The maximum absolute atomic E-state index is 12.7. The molecule has 0 amide bonds. The third kappa shape index (κ3) is 3.24. The summed E-state index contributed by atoms with van der Waals surface area (Å²) in [5.74, 6) is 0.536. The molecular formula is C21H18O5. The highest BCUT2D eigenvalue weighted by atomic mass is 16.5. The normalized spacial score (nSPS) is 10.4. The van der Waals surface area contributed by atoms with Crippen molar-refractivity contribution in [3.05, 3.63) is 65.9 Å². The van der Waals surface area contributed by atoms with E-state index >= 15 is 0 Å². The van der Waals surface area contributed by atoms with Crippen molar-refractivity contribution in [2.24, 2.45) is 0 Å². The van der Waals surface area contributed by atoms with Gasteiger partial charge >= 0.3 is 5.97 Å². The first-order chi connectivity index (χ1) is 12.7. The molecule has 132 valence electrons. The van der Waals surface area contributed by atoms with Gasteiger partial charge < -0.3 is 13.9 Å². The first-order valence-electron chi connectivity index (χ1n) is 8.18. The fraction of sp³-hybridized carbons (Fsp3) is 0.143. The van der Waals surface area contributed by atoms with Crippen molar-refractivity contribution in [1.82, 2.24) is 0 Å². The fourth-order valence-corrected chi connectivity index (χ4v) is 2.77. The zero-order valence-electron chi connectivity index (χ0n) is 14.5. The Labute approximate surface area is 151 Å². The van der Waals surface area contributed by atoms with E-state index in [1.165, 1.54) is 0 Å². The maximum atomic E-state index is 12.7. The monoisotopic (exact) mass is 350 g/mol. The van der Waals surface area contributed by atoms with E-state index in [2.05, 4.69) is 0 Å². The zero-order chi connectivity index (χ0) is 18.5. The van der Waals surface area contributed by atoms with Crippen molar-refractivity contribution >= 4 is 12.3 Å². The summed E-state index contributed by atoms with van der Waals surface area (Å²) >= 11 is 0. The standard InChI is InChI=1S/C21H18O5/c1-3-25-21(23)19-18(14-9-11-16(24-2)12-10-14)17(13-22)26-20(19)15-7-5-4-6-8-15/h4-13H,3H2,1-2H3. The predicted molar refractivity (Wildman–Crippen MR) is 97.5 cm³/mol. The maximum Gasteiger partial charge on any atom is 0.342 e. The van der Waals surface area contributed by atoms with Gasteiger partial charge in [0.05, 0.1) is 13.7 Å². The summed E-state index contributed by atoms with van der Waals surface area (Å²) in [5, 5.41) is 0. The van der Waals surface area contributed by atoms with Gasteiger partial charge in [0.15, 0.2) is 12.0 Å². The van der Waals surface area contributed by atoms with E-state index in [4.69, 9.17) is 13.9 Å². The molecule has 5 heteroatoms. The van der Waals surface area contributed by atoms with Gasteiger partial charge in [0.2, 0.25) is 0 Å². The van der Waals surface area contributed by atoms with E-state index in [9.17, 15) is 9.59 Å². The lowest BCUT2D eigenvalue weighted by Gasteiger charge is -2.07. The second-order valence-electron chi connectivity index (χ2n) is 5.48. The van der Waals surface area contributed by atoms with Crippen LogP contribution >= 0.6 is 0 Å². The van der Waals surface area contributed by atoms with Gasteiger partial charge in [-0.15, -0.1) is 0 Å². The smallest absolute Gasteiger partial charge is 0.342 e. The molecule has 3 rings (SSSR count). The SMILES string of the molecule is CCOC(=O)c1c(-c2ccccc2)oc(C=O)c1-c1ccc(OC)cc1. The van der Waals surface area contributed by atoms with Crippen molar-refractivity contribution in [1.29, 1.82) is 0 Å². The fourth-order valence-electron chi connectivity index (χ4n) is 2.77. The number of ether oxygens (including phenoxy) is 2. The topological polar surface area (TPSA) is 65.7 Å². The molecule has 0 saturated carbocycles. The number of hydrogen-bond acceptors (Lipinski definition) is 5. The van der Waals surface area contributed by atoms with Gasteiger partial charge in [0.1, 0.15) is 17.1 Å². The first-order valence-corrected chi connectivity index (χ1v) is 8.18. The van der Waals surface area contributed by atoms with E-state index in [0.29, 0.717) is 34.5 Å². The van der Waals surface area contributed by atoms with Crippen LogP contribution in [0.25, 0.3) is 22.5 Å². The van der Waals surface area contributed by atoms with Crippen molar-refractivity contribution in [2.45, 2.75) is 6.92 Å². The van der Waals surface area contributed by atoms with Gasteiger partial charge in [-0.25, -0.2) is 4.79 Å². The summed E-state index contributed by atoms with van der Waals surface area (Å²) in [6.45, 7) is 1.95. The average molecular weight is 350 g/mol. The molecule has 3 aromatic rings. The molecule has 0 aliphatic heterocycles. The summed E-state index contributed by atoms with van der Waals surface area (Å²) < 4.78 is 16.1. The van der Waals surface area contributed by atoms with Crippen LogP contribution in [0.2, 0.25) is 0 Å². The van der Waals surface area contributed by atoms with Crippen LogP contribution in [0, 0.1) is 0 Å². The van der Waals surface area contributed by atoms with Crippen molar-refractivity contribution in [2.75, 3.05) is 13.7 Å². The molecule has 0 unspecified atom stereocenters. The minimum atomic E-state index is -0.533. The van der Waals surface area contributed by atoms with E-state index < -0.39 is 5.97 Å². The van der Waals surface area contributed by atoms with Crippen LogP contribution in [0.5, 0.6) is 5.75 Å². The number of hydrogen-bond donors (Lipinski definition) is 0. The van der Waals surface area contributed by atoms with Gasteiger partial charge in [-0.1, -0.05) is 42.5 Å². The summed E-state index contributed by atoms with van der Waals surface area (Å²) in [6.07, 6.45) is 0.606. The molecule has 1 heterocycles. The predicted octanol–water partition coefficient (Wildman–Crippen LogP) is 4.61. The Kier molecular flexibility index (Phi) is 5.17. The molecule has 0 bridgehead atoms. The van der Waals surface area contributed by atoms with Crippen LogP contribution in [0.4, 0.5) is 0 Å². The van der Waals surface area contributed by atoms with E-state index in [1.54, 1.807) is 38.3 Å². The summed E-state index contributed by atoms with van der Waals surface area (Å²) in [7, 11) is 1.57. The Balaban J connectivity index is 2.25. The third-order valence-electron chi connectivity index (χ3n) is 3.94. The molecule has 2 aromatic carbocycles. The molecular weight excluding hydrogens is 332 g/mol. The highest BCUT2D eigenvalue weighted by Gasteiger charge is 2.28. The van der Waals surface area contributed by atoms with Crippen LogP contribution in [0.3, 0.4) is 0 Å². The summed E-state index contributed by atoms with van der Waals surface area (Å²) in [5.41, 5.74) is 2.02. The molecule has 0 atom stereocenters. The van der Waals surface area contributed by atoms with Gasteiger partial charge in [-0.2, -0.15) is 0 Å². The van der Waals surface area contributed by atoms with Crippen LogP contribution in [0.1, 0.15) is 27.8 Å². The largest absolute Gasteiger partial charge is 0.497 e. The van der Waals surface area contributed by atoms with Crippen LogP contribution in [-0.4, -0.2) is 26.0 Å². The van der Waals surface area contributed by atoms with Crippen LogP contribution < -0.4 is 4.74 Å². The van der Waals surface area contributed by atoms with Crippen LogP contribution in [-0.2, 0) is 4.74 Å². The second kappa shape index (κ2) is 7.70. The number of carbonyl (C=O) groups excluding carboxylic acids is 2. The van der Waals surface area contributed by atoms with E-state index in [1.807, 2.05) is 30.3 Å².